The molecule has 2 aliphatic heterocycles. The second kappa shape index (κ2) is 9.77. The molecule has 2 fully saturated rings. The largest absolute Gasteiger partial charge is 0.508 e. The predicted molar refractivity (Wildman–Crippen MR) is 119 cm³/mol. The summed E-state index contributed by atoms with van der Waals surface area (Å²) >= 11 is 0. The maximum absolute atomic E-state index is 13.4. The smallest absolute Gasteiger partial charge is 0.242 e. The zero-order valence-electron chi connectivity index (χ0n) is 18.5. The first kappa shape index (κ1) is 22.4. The molecule has 4 N–H and O–H groups in total. The minimum atomic E-state index is -0.430. The van der Waals surface area contributed by atoms with Crippen molar-refractivity contribution in [2.24, 2.45) is 5.92 Å². The Morgan fingerprint density at radius 3 is 2.53 bits per heavy atom. The number of phenols is 2. The normalized spacial score (nSPS) is 24.7. The van der Waals surface area contributed by atoms with Crippen LogP contribution >= 0.6 is 0 Å². The van der Waals surface area contributed by atoms with Crippen molar-refractivity contribution >= 4 is 5.91 Å². The average Bonchev–Trinajstić information content (AvgIpc) is 3.33. The number of ether oxygens (including phenoxy) is 2. The van der Waals surface area contributed by atoms with Crippen molar-refractivity contribution < 1.29 is 24.5 Å². The van der Waals surface area contributed by atoms with E-state index in [0.29, 0.717) is 32.1 Å². The molecule has 0 saturated carbocycles. The van der Waals surface area contributed by atoms with Gasteiger partial charge in [-0.3, -0.25) is 4.79 Å². The molecule has 1 amide bonds. The van der Waals surface area contributed by atoms with Gasteiger partial charge < -0.3 is 24.6 Å². The van der Waals surface area contributed by atoms with Crippen LogP contribution in [-0.4, -0.2) is 53.4 Å². The number of hydrogen-bond donors (Lipinski definition) is 4. The Labute approximate surface area is 188 Å². The lowest BCUT2D eigenvalue weighted by molar-refractivity contribution is -0.131. The summed E-state index contributed by atoms with van der Waals surface area (Å²) in [6.45, 7) is 6.01. The molecule has 8 heteroatoms. The summed E-state index contributed by atoms with van der Waals surface area (Å²) < 4.78 is 11.1. The number of likely N-dealkylation sites (tertiary alicyclic amines) is 1. The first-order chi connectivity index (χ1) is 15.6. The summed E-state index contributed by atoms with van der Waals surface area (Å²) in [6.07, 6.45) is 0.723. The Morgan fingerprint density at radius 1 is 1.00 bits per heavy atom. The molecular formula is C24H31N3O5. The van der Waals surface area contributed by atoms with E-state index in [4.69, 9.17) is 9.47 Å². The Bertz CT molecular complexity index is 953. The van der Waals surface area contributed by atoms with Crippen LogP contribution in [0.25, 0.3) is 0 Å². The van der Waals surface area contributed by atoms with Crippen LogP contribution in [0.2, 0.25) is 0 Å². The highest BCUT2D eigenvalue weighted by molar-refractivity contribution is 5.86. The van der Waals surface area contributed by atoms with Gasteiger partial charge in [0.1, 0.15) is 11.8 Å². The van der Waals surface area contributed by atoms with E-state index >= 15 is 0 Å². The highest BCUT2D eigenvalue weighted by Crippen LogP contribution is 2.49. The summed E-state index contributed by atoms with van der Waals surface area (Å²) in [6, 6.07) is 11.5. The van der Waals surface area contributed by atoms with E-state index in [-0.39, 0.29) is 35.4 Å². The maximum atomic E-state index is 13.4. The standard InChI is InChI=1S/C24H31N3O5/c1-3-31-13-7-12-27-23(15-10-11-18(29)19(14-15)32-4-2)20-21(25-26-22(20)24(27)30)16-8-5-6-9-17(16)28/h5-6,8-11,14,20-23,25-26,28-29H,3-4,7,12-13H2,1-2H3. The van der Waals surface area contributed by atoms with Crippen molar-refractivity contribution in [2.75, 3.05) is 26.4 Å². The van der Waals surface area contributed by atoms with Crippen molar-refractivity contribution in [1.29, 1.82) is 0 Å². The molecule has 4 unspecified atom stereocenters. The SMILES string of the molecule is CCOCCCN1C(=O)C2NNC(c3ccccc3O)C2C1c1ccc(O)c(OCC)c1. The lowest BCUT2D eigenvalue weighted by Crippen LogP contribution is -2.41. The number of aromatic hydroxyl groups is 2. The topological polar surface area (TPSA) is 103 Å². The summed E-state index contributed by atoms with van der Waals surface area (Å²) in [5, 5.41) is 20.7. The number of phenolic OH excluding ortho intramolecular Hbond substituents is 2. The zero-order valence-corrected chi connectivity index (χ0v) is 18.5. The molecule has 0 spiro atoms. The molecule has 2 saturated heterocycles. The molecular weight excluding hydrogens is 410 g/mol. The molecule has 0 aliphatic carbocycles. The van der Waals surface area contributed by atoms with Gasteiger partial charge in [-0.2, -0.15) is 0 Å². The van der Waals surface area contributed by atoms with E-state index in [1.807, 2.05) is 43.0 Å². The van der Waals surface area contributed by atoms with Crippen LogP contribution in [0.15, 0.2) is 42.5 Å². The maximum Gasteiger partial charge on any atom is 0.242 e. The van der Waals surface area contributed by atoms with Crippen molar-refractivity contribution in [2.45, 2.75) is 38.4 Å². The van der Waals surface area contributed by atoms with Gasteiger partial charge in [0.2, 0.25) is 5.91 Å². The number of benzene rings is 2. The lowest BCUT2D eigenvalue weighted by atomic mass is 9.83. The van der Waals surface area contributed by atoms with E-state index in [1.165, 1.54) is 0 Å². The van der Waals surface area contributed by atoms with Gasteiger partial charge in [-0.25, -0.2) is 10.9 Å². The molecule has 2 aromatic carbocycles. The lowest BCUT2D eigenvalue weighted by Gasteiger charge is -2.31. The fraction of sp³-hybridized carbons (Fsp3) is 0.458. The van der Waals surface area contributed by atoms with E-state index in [1.54, 1.807) is 18.2 Å². The van der Waals surface area contributed by atoms with E-state index in [2.05, 4.69) is 10.9 Å². The first-order valence-electron chi connectivity index (χ1n) is 11.2. The summed E-state index contributed by atoms with van der Waals surface area (Å²) in [7, 11) is 0. The van der Waals surface area contributed by atoms with Gasteiger partial charge >= 0.3 is 0 Å². The number of hydrogen-bond acceptors (Lipinski definition) is 7. The van der Waals surface area contributed by atoms with Gasteiger partial charge in [-0.15, -0.1) is 0 Å². The third-order valence-corrected chi connectivity index (χ3v) is 6.20. The summed E-state index contributed by atoms with van der Waals surface area (Å²) in [5.41, 5.74) is 8.02. The second-order valence-corrected chi connectivity index (χ2v) is 8.07. The molecule has 4 atom stereocenters. The number of carbonyl (C=O) groups excluding carboxylic acids is 1. The Morgan fingerprint density at radius 2 is 1.78 bits per heavy atom. The van der Waals surface area contributed by atoms with Gasteiger partial charge in [-0.1, -0.05) is 24.3 Å². The van der Waals surface area contributed by atoms with Crippen LogP contribution in [0.5, 0.6) is 17.2 Å². The van der Waals surface area contributed by atoms with Gasteiger partial charge in [-0.05, 0) is 44.0 Å². The van der Waals surface area contributed by atoms with Crippen molar-refractivity contribution in [3.8, 4) is 17.2 Å². The van der Waals surface area contributed by atoms with Crippen LogP contribution < -0.4 is 15.6 Å². The molecule has 2 heterocycles. The zero-order chi connectivity index (χ0) is 22.7. The minimum Gasteiger partial charge on any atom is -0.508 e. The Kier molecular flexibility index (Phi) is 6.83. The minimum absolute atomic E-state index is 0.00737. The molecule has 172 valence electrons. The predicted octanol–water partition coefficient (Wildman–Crippen LogP) is 2.64. The highest BCUT2D eigenvalue weighted by atomic mass is 16.5. The fourth-order valence-corrected chi connectivity index (χ4v) is 4.83. The summed E-state index contributed by atoms with van der Waals surface area (Å²) in [5.74, 6) is 0.497. The number of rotatable bonds is 9. The van der Waals surface area contributed by atoms with Gasteiger partial charge in [0.15, 0.2) is 11.5 Å². The molecule has 0 aromatic heterocycles. The molecule has 4 rings (SSSR count). The van der Waals surface area contributed by atoms with Crippen molar-refractivity contribution in [1.82, 2.24) is 15.8 Å². The Hall–Kier alpha value is -2.81. The van der Waals surface area contributed by atoms with Crippen LogP contribution in [0.3, 0.4) is 0 Å². The van der Waals surface area contributed by atoms with E-state index in [0.717, 1.165) is 17.5 Å². The second-order valence-electron chi connectivity index (χ2n) is 8.07. The average molecular weight is 442 g/mol. The molecule has 8 nitrogen and oxygen atoms in total. The van der Waals surface area contributed by atoms with Crippen molar-refractivity contribution in [3.63, 3.8) is 0 Å². The number of para-hydroxylation sites is 1. The van der Waals surface area contributed by atoms with Crippen LogP contribution in [0, 0.1) is 5.92 Å². The Balaban J connectivity index is 1.72. The van der Waals surface area contributed by atoms with Crippen LogP contribution in [0.4, 0.5) is 0 Å². The number of nitrogens with zero attached hydrogens (tertiary/aromatic N) is 1. The van der Waals surface area contributed by atoms with Crippen LogP contribution in [0.1, 0.15) is 43.5 Å². The highest BCUT2D eigenvalue weighted by Gasteiger charge is 2.55. The number of hydrazine groups is 1. The quantitative estimate of drug-likeness (QED) is 0.444. The van der Waals surface area contributed by atoms with E-state index < -0.39 is 6.04 Å². The third kappa shape index (κ3) is 4.13. The molecule has 0 bridgehead atoms. The molecule has 2 aliphatic rings. The number of fused-ring (bicyclic) bond motifs is 1. The molecule has 2 aromatic rings. The van der Waals surface area contributed by atoms with Gasteiger partial charge in [0, 0.05) is 31.2 Å². The summed E-state index contributed by atoms with van der Waals surface area (Å²) in [4.78, 5) is 15.3. The van der Waals surface area contributed by atoms with Crippen molar-refractivity contribution in [3.05, 3.63) is 53.6 Å². The van der Waals surface area contributed by atoms with Crippen LogP contribution in [-0.2, 0) is 9.53 Å². The van der Waals surface area contributed by atoms with Gasteiger partial charge in [0.05, 0.1) is 18.7 Å². The monoisotopic (exact) mass is 441 g/mol. The third-order valence-electron chi connectivity index (χ3n) is 6.20. The number of nitrogens with one attached hydrogen (secondary N) is 2. The molecule has 32 heavy (non-hydrogen) atoms. The van der Waals surface area contributed by atoms with Gasteiger partial charge in [0.25, 0.3) is 0 Å². The molecule has 0 radical (unpaired) electrons. The number of amides is 1. The first-order valence-corrected chi connectivity index (χ1v) is 11.2. The fourth-order valence-electron chi connectivity index (χ4n) is 4.83. The number of carbonyl (C=O) groups is 1. The van der Waals surface area contributed by atoms with E-state index in [9.17, 15) is 15.0 Å².